The number of hydrogen-bond acceptors (Lipinski definition) is 6. The van der Waals surface area contributed by atoms with Gasteiger partial charge in [-0.25, -0.2) is 0 Å². The van der Waals surface area contributed by atoms with Crippen molar-refractivity contribution in [3.05, 3.63) is 89.5 Å². The Morgan fingerprint density at radius 3 is 2.38 bits per heavy atom. The topological polar surface area (TPSA) is 114 Å². The lowest BCUT2D eigenvalue weighted by Gasteiger charge is -2.18. The van der Waals surface area contributed by atoms with Crippen molar-refractivity contribution in [3.8, 4) is 11.5 Å². The van der Waals surface area contributed by atoms with Gasteiger partial charge in [0.25, 0.3) is 11.8 Å². The zero-order valence-corrected chi connectivity index (χ0v) is 22.1. The molecule has 9 heteroatoms. The Kier molecular flexibility index (Phi) is 8.60. The summed E-state index contributed by atoms with van der Waals surface area (Å²) >= 11 is 0. The maximum atomic E-state index is 12.6. The van der Waals surface area contributed by atoms with E-state index in [4.69, 9.17) is 9.47 Å². The second kappa shape index (κ2) is 12.3. The van der Waals surface area contributed by atoms with Crippen molar-refractivity contribution in [3.63, 3.8) is 0 Å². The smallest absolute Gasteiger partial charge is 0.311 e. The predicted octanol–water partition coefficient (Wildman–Crippen LogP) is 4.27. The molecular weight excluding hydrogens is 498 g/mol. The highest BCUT2D eigenvalue weighted by Crippen LogP contribution is 2.33. The van der Waals surface area contributed by atoms with E-state index in [0.717, 1.165) is 16.9 Å². The molecular formula is C30H31N3O6. The van der Waals surface area contributed by atoms with Gasteiger partial charge < -0.3 is 14.4 Å². The van der Waals surface area contributed by atoms with Crippen LogP contribution in [0.3, 0.4) is 0 Å². The summed E-state index contributed by atoms with van der Waals surface area (Å²) in [5.74, 6) is -1.04. The molecule has 0 aliphatic carbocycles. The van der Waals surface area contributed by atoms with E-state index in [1.54, 1.807) is 54.6 Å². The molecule has 9 nitrogen and oxygen atoms in total. The Morgan fingerprint density at radius 1 is 0.974 bits per heavy atom. The van der Waals surface area contributed by atoms with Crippen molar-refractivity contribution >= 4 is 29.4 Å². The molecule has 0 aromatic heterocycles. The quantitative estimate of drug-likeness (QED) is 0.333. The number of nitrogens with zero attached hydrogens (tertiary/aromatic N) is 1. The predicted molar refractivity (Wildman–Crippen MR) is 145 cm³/mol. The molecule has 4 rings (SSSR count). The molecule has 1 heterocycles. The van der Waals surface area contributed by atoms with E-state index in [-0.39, 0.29) is 18.9 Å². The normalized spacial score (nSPS) is 14.7. The number of benzene rings is 3. The van der Waals surface area contributed by atoms with Gasteiger partial charge in [0.1, 0.15) is 11.5 Å². The minimum Gasteiger partial charge on any atom is -0.457 e. The van der Waals surface area contributed by atoms with Crippen molar-refractivity contribution in [1.82, 2.24) is 10.9 Å². The Labute approximate surface area is 227 Å². The van der Waals surface area contributed by atoms with Crippen LogP contribution in [0.4, 0.5) is 5.69 Å². The number of hydrogen-bond donors (Lipinski definition) is 2. The average Bonchev–Trinajstić information content (AvgIpc) is 3.32. The molecule has 0 unspecified atom stereocenters. The average molecular weight is 530 g/mol. The largest absolute Gasteiger partial charge is 0.457 e. The molecule has 3 amide bonds. The van der Waals surface area contributed by atoms with E-state index < -0.39 is 30.3 Å². The number of carbonyl (C=O) groups is 4. The number of rotatable bonds is 8. The molecule has 1 aliphatic heterocycles. The van der Waals surface area contributed by atoms with Gasteiger partial charge in [0.05, 0.1) is 5.92 Å². The first-order chi connectivity index (χ1) is 18.7. The van der Waals surface area contributed by atoms with E-state index in [0.29, 0.717) is 22.9 Å². The fourth-order valence-electron chi connectivity index (χ4n) is 4.22. The van der Waals surface area contributed by atoms with Crippen molar-refractivity contribution in [2.45, 2.75) is 33.1 Å². The van der Waals surface area contributed by atoms with Gasteiger partial charge in [-0.05, 0) is 66.4 Å². The molecule has 1 aliphatic rings. The highest BCUT2D eigenvalue weighted by Gasteiger charge is 2.36. The number of ether oxygens (including phenoxy) is 2. The zero-order valence-electron chi connectivity index (χ0n) is 22.1. The molecule has 3 aromatic rings. The number of nitrogens with one attached hydrogen (secondary N) is 2. The summed E-state index contributed by atoms with van der Waals surface area (Å²) in [6.07, 6.45) is -0.0233. The van der Waals surface area contributed by atoms with Gasteiger partial charge in [-0.1, -0.05) is 44.2 Å². The third-order valence-electron chi connectivity index (χ3n) is 6.32. The van der Waals surface area contributed by atoms with Crippen LogP contribution in [0.15, 0.2) is 72.8 Å². The fraction of sp³-hybridized carbons (Fsp3) is 0.267. The third kappa shape index (κ3) is 7.01. The summed E-state index contributed by atoms with van der Waals surface area (Å²) < 4.78 is 11.2. The first-order valence-corrected chi connectivity index (χ1v) is 12.7. The van der Waals surface area contributed by atoms with Gasteiger partial charge in [-0.15, -0.1) is 0 Å². The van der Waals surface area contributed by atoms with Gasteiger partial charge in [-0.2, -0.15) is 0 Å². The molecule has 0 saturated carbocycles. The summed E-state index contributed by atoms with van der Waals surface area (Å²) in [4.78, 5) is 50.6. The van der Waals surface area contributed by atoms with Gasteiger partial charge in [0.15, 0.2) is 6.61 Å². The van der Waals surface area contributed by atoms with Crippen LogP contribution in [0, 0.1) is 12.8 Å². The lowest BCUT2D eigenvalue weighted by Crippen LogP contribution is -2.43. The second-order valence-corrected chi connectivity index (χ2v) is 9.67. The van der Waals surface area contributed by atoms with Crippen LogP contribution in [-0.4, -0.2) is 36.8 Å². The van der Waals surface area contributed by atoms with Crippen molar-refractivity contribution in [2.24, 2.45) is 5.92 Å². The summed E-state index contributed by atoms with van der Waals surface area (Å²) in [7, 11) is 0. The Bertz CT molecular complexity index is 1350. The molecule has 202 valence electrons. The standard InChI is InChI=1S/C30H31N3O6/c1-19(2)25-14-9-20(3)15-26(25)39-24-12-10-23(11-13-24)33-17-22(16-28(33)35)30(37)38-18-27(34)31-32-29(36)21-7-5-4-6-8-21/h4-15,19,22H,16-18H2,1-3H3,(H,31,34)(H,32,36)/t22-/m0/s1. The maximum absolute atomic E-state index is 12.6. The van der Waals surface area contributed by atoms with Crippen LogP contribution in [-0.2, 0) is 19.1 Å². The van der Waals surface area contributed by atoms with E-state index in [1.807, 2.05) is 13.0 Å². The SMILES string of the molecule is Cc1ccc(C(C)C)c(Oc2ccc(N3C[C@@H](C(=O)OCC(=O)NNC(=O)c4ccccc4)CC3=O)cc2)c1. The molecule has 1 saturated heterocycles. The molecule has 0 bridgehead atoms. The van der Waals surface area contributed by atoms with Gasteiger partial charge in [-0.3, -0.25) is 30.0 Å². The molecule has 3 aromatic carbocycles. The molecule has 39 heavy (non-hydrogen) atoms. The molecule has 0 spiro atoms. The number of anilines is 1. The minimum atomic E-state index is -0.707. The van der Waals surface area contributed by atoms with E-state index in [9.17, 15) is 19.2 Å². The van der Waals surface area contributed by atoms with E-state index in [1.165, 1.54) is 4.90 Å². The molecule has 1 atom stereocenters. The van der Waals surface area contributed by atoms with E-state index >= 15 is 0 Å². The maximum Gasteiger partial charge on any atom is 0.311 e. The van der Waals surface area contributed by atoms with E-state index in [2.05, 4.69) is 36.8 Å². The first kappa shape index (κ1) is 27.4. The Hall–Kier alpha value is -4.66. The first-order valence-electron chi connectivity index (χ1n) is 12.7. The molecule has 0 radical (unpaired) electrons. The summed E-state index contributed by atoms with van der Waals surface area (Å²) in [5, 5.41) is 0. The minimum absolute atomic E-state index is 0.0233. The zero-order chi connectivity index (χ0) is 27.9. The lowest BCUT2D eigenvalue weighted by molar-refractivity contribution is -0.152. The molecule has 1 fully saturated rings. The van der Waals surface area contributed by atoms with Crippen LogP contribution >= 0.6 is 0 Å². The van der Waals surface area contributed by atoms with Crippen LogP contribution in [0.2, 0.25) is 0 Å². The number of amides is 3. The molecule has 2 N–H and O–H groups in total. The summed E-state index contributed by atoms with van der Waals surface area (Å²) in [5.41, 5.74) is 7.67. The summed E-state index contributed by atoms with van der Waals surface area (Å²) in [6.45, 7) is 5.78. The van der Waals surface area contributed by atoms with Crippen molar-refractivity contribution < 1.29 is 28.7 Å². The Morgan fingerprint density at radius 2 is 1.69 bits per heavy atom. The lowest BCUT2D eigenvalue weighted by atomic mass is 10.0. The monoisotopic (exact) mass is 529 g/mol. The number of hydrazine groups is 1. The van der Waals surface area contributed by atoms with Crippen LogP contribution in [0.1, 0.15) is 47.7 Å². The fourth-order valence-corrected chi connectivity index (χ4v) is 4.22. The van der Waals surface area contributed by atoms with Crippen LogP contribution in [0.5, 0.6) is 11.5 Å². The highest BCUT2D eigenvalue weighted by atomic mass is 16.5. The van der Waals surface area contributed by atoms with Crippen molar-refractivity contribution in [2.75, 3.05) is 18.1 Å². The third-order valence-corrected chi connectivity index (χ3v) is 6.32. The summed E-state index contributed by atoms with van der Waals surface area (Å²) in [6, 6.07) is 21.6. The van der Waals surface area contributed by atoms with Gasteiger partial charge in [0.2, 0.25) is 5.91 Å². The number of carbonyl (C=O) groups excluding carboxylic acids is 4. The second-order valence-electron chi connectivity index (χ2n) is 9.67. The van der Waals surface area contributed by atoms with Gasteiger partial charge in [0, 0.05) is 24.2 Å². The van der Waals surface area contributed by atoms with Crippen molar-refractivity contribution in [1.29, 1.82) is 0 Å². The number of aryl methyl sites for hydroxylation is 1. The Balaban J connectivity index is 1.28. The van der Waals surface area contributed by atoms with Gasteiger partial charge >= 0.3 is 5.97 Å². The number of esters is 1. The van der Waals surface area contributed by atoms with Crippen LogP contribution in [0.25, 0.3) is 0 Å². The van der Waals surface area contributed by atoms with Crippen LogP contribution < -0.4 is 20.5 Å². The highest BCUT2D eigenvalue weighted by molar-refractivity contribution is 6.00.